The van der Waals surface area contributed by atoms with E-state index in [9.17, 15) is 0 Å². The third kappa shape index (κ3) is 5.43. The van der Waals surface area contributed by atoms with Crippen LogP contribution in [0.1, 0.15) is 43.8 Å². The summed E-state index contributed by atoms with van der Waals surface area (Å²) in [5.41, 5.74) is 1.23. The quantitative estimate of drug-likeness (QED) is 0.646. The van der Waals surface area contributed by atoms with E-state index in [1.165, 1.54) is 43.1 Å². The lowest BCUT2D eigenvalue weighted by atomic mass is 9.92. The van der Waals surface area contributed by atoms with Crippen molar-refractivity contribution >= 4 is 17.3 Å². The van der Waals surface area contributed by atoms with Crippen molar-refractivity contribution in [1.82, 2.24) is 20.1 Å². The zero-order valence-corrected chi connectivity index (χ0v) is 17.7. The molecule has 2 aliphatic rings. The highest BCUT2D eigenvalue weighted by atomic mass is 32.1. The molecule has 3 heterocycles. The largest absolute Gasteiger partial charge is 0.356 e. The lowest BCUT2D eigenvalue weighted by molar-refractivity contribution is 0.173. The molecule has 146 valence electrons. The predicted octanol–water partition coefficient (Wildman–Crippen LogP) is 3.22. The van der Waals surface area contributed by atoms with Crippen LogP contribution in [0, 0.1) is 24.7 Å². The molecular weight excluding hydrogens is 342 g/mol. The molecule has 0 aromatic carbocycles. The Kier molecular flexibility index (Phi) is 6.92. The summed E-state index contributed by atoms with van der Waals surface area (Å²) in [5.74, 6) is 3.37. The number of guanidine groups is 1. The van der Waals surface area contributed by atoms with E-state index < -0.39 is 0 Å². The first-order valence-electron chi connectivity index (χ1n) is 10.1. The summed E-state index contributed by atoms with van der Waals surface area (Å²) in [6.45, 7) is 13.5. The highest BCUT2D eigenvalue weighted by molar-refractivity contribution is 7.09. The number of aromatic nitrogens is 1. The van der Waals surface area contributed by atoms with Gasteiger partial charge in [-0.05, 0) is 57.0 Å². The van der Waals surface area contributed by atoms with Crippen molar-refractivity contribution < 1.29 is 0 Å². The Morgan fingerprint density at radius 1 is 1.27 bits per heavy atom. The van der Waals surface area contributed by atoms with E-state index >= 15 is 0 Å². The van der Waals surface area contributed by atoms with Gasteiger partial charge in [-0.15, -0.1) is 11.3 Å². The predicted molar refractivity (Wildman–Crippen MR) is 111 cm³/mol. The van der Waals surface area contributed by atoms with E-state index in [-0.39, 0.29) is 0 Å². The minimum atomic E-state index is 0.750. The van der Waals surface area contributed by atoms with E-state index in [0.29, 0.717) is 0 Å². The van der Waals surface area contributed by atoms with Gasteiger partial charge in [0.05, 0.1) is 10.7 Å². The first-order chi connectivity index (χ1) is 12.5. The lowest BCUT2D eigenvalue weighted by Crippen LogP contribution is -2.50. The van der Waals surface area contributed by atoms with Gasteiger partial charge >= 0.3 is 0 Å². The Hall–Kier alpha value is -1.14. The Labute approximate surface area is 162 Å². The van der Waals surface area contributed by atoms with Crippen LogP contribution in [0.3, 0.4) is 0 Å². The first-order valence-corrected chi connectivity index (χ1v) is 11.0. The molecular formula is C20H35N5S. The molecule has 6 heteroatoms. The summed E-state index contributed by atoms with van der Waals surface area (Å²) in [5, 5.41) is 7.04. The molecule has 2 fully saturated rings. The second kappa shape index (κ2) is 9.18. The van der Waals surface area contributed by atoms with Gasteiger partial charge in [-0.1, -0.05) is 13.8 Å². The molecule has 5 nitrogen and oxygen atoms in total. The molecule has 1 aromatic heterocycles. The van der Waals surface area contributed by atoms with E-state index in [1.54, 1.807) is 11.3 Å². The number of nitrogens with one attached hydrogen (secondary N) is 1. The van der Waals surface area contributed by atoms with Gasteiger partial charge in [0.25, 0.3) is 0 Å². The fraction of sp³-hybridized carbons (Fsp3) is 0.800. The first kappa shape index (κ1) is 19.6. The third-order valence-corrected chi connectivity index (χ3v) is 6.51. The molecule has 0 bridgehead atoms. The zero-order valence-electron chi connectivity index (χ0n) is 16.9. The molecule has 2 atom stereocenters. The number of likely N-dealkylation sites (tertiary alicyclic amines) is 2. The maximum Gasteiger partial charge on any atom is 0.193 e. The fourth-order valence-electron chi connectivity index (χ4n) is 4.46. The van der Waals surface area contributed by atoms with Gasteiger partial charge in [-0.3, -0.25) is 9.89 Å². The van der Waals surface area contributed by atoms with Crippen molar-refractivity contribution in [2.45, 2.75) is 46.6 Å². The van der Waals surface area contributed by atoms with E-state index in [4.69, 9.17) is 0 Å². The van der Waals surface area contributed by atoms with Crippen LogP contribution >= 0.6 is 11.3 Å². The lowest BCUT2D eigenvalue weighted by Gasteiger charge is -2.38. The third-order valence-electron chi connectivity index (χ3n) is 5.69. The topological polar surface area (TPSA) is 43.8 Å². The molecule has 3 rings (SSSR count). The summed E-state index contributed by atoms with van der Waals surface area (Å²) in [6, 6.07) is 0. The summed E-state index contributed by atoms with van der Waals surface area (Å²) >= 11 is 1.76. The Morgan fingerprint density at radius 3 is 2.54 bits per heavy atom. The van der Waals surface area contributed by atoms with Crippen LogP contribution in [0.15, 0.2) is 10.4 Å². The minimum absolute atomic E-state index is 0.750. The average molecular weight is 378 g/mol. The van der Waals surface area contributed by atoms with Gasteiger partial charge in [0.1, 0.15) is 0 Å². The molecule has 2 aliphatic heterocycles. The van der Waals surface area contributed by atoms with Crippen molar-refractivity contribution in [3.8, 4) is 0 Å². The second-order valence-corrected chi connectivity index (χ2v) is 9.42. The monoisotopic (exact) mass is 377 g/mol. The van der Waals surface area contributed by atoms with Crippen LogP contribution in [-0.2, 0) is 6.54 Å². The van der Waals surface area contributed by atoms with Crippen molar-refractivity contribution in [1.29, 1.82) is 0 Å². The number of hydrogen-bond acceptors (Lipinski definition) is 4. The van der Waals surface area contributed by atoms with Gasteiger partial charge in [-0.25, -0.2) is 4.98 Å². The number of aryl methyl sites for hydroxylation is 1. The minimum Gasteiger partial charge on any atom is -0.356 e. The summed E-state index contributed by atoms with van der Waals surface area (Å²) in [6.07, 6.45) is 3.87. The van der Waals surface area contributed by atoms with Crippen molar-refractivity contribution in [3.05, 3.63) is 16.1 Å². The van der Waals surface area contributed by atoms with Crippen LogP contribution in [-0.4, -0.2) is 60.5 Å². The molecule has 1 aromatic rings. The van der Waals surface area contributed by atoms with E-state index in [0.717, 1.165) is 49.9 Å². The normalized spacial score (nSPS) is 26.3. The molecule has 0 spiro atoms. The molecule has 2 unspecified atom stereocenters. The van der Waals surface area contributed by atoms with E-state index in [1.807, 2.05) is 7.05 Å². The van der Waals surface area contributed by atoms with Crippen molar-refractivity contribution in [3.63, 3.8) is 0 Å². The second-order valence-electron chi connectivity index (χ2n) is 8.36. The molecule has 0 aliphatic carbocycles. The van der Waals surface area contributed by atoms with Gasteiger partial charge in [0.2, 0.25) is 0 Å². The Morgan fingerprint density at radius 2 is 1.96 bits per heavy atom. The highest BCUT2D eigenvalue weighted by Gasteiger charge is 2.25. The van der Waals surface area contributed by atoms with Gasteiger partial charge < -0.3 is 10.2 Å². The summed E-state index contributed by atoms with van der Waals surface area (Å²) < 4.78 is 0. The number of piperidine rings is 2. The molecule has 0 amide bonds. The standard InChI is InChI=1S/C20H35N5S/c1-15-9-16(2)12-25(11-15)20(21-4)22-10-18-5-7-24(8-6-18)13-19-14-26-17(3)23-19/h14-16,18H,5-13H2,1-4H3,(H,21,22). The highest BCUT2D eigenvalue weighted by Crippen LogP contribution is 2.22. The zero-order chi connectivity index (χ0) is 18.5. The van der Waals surface area contributed by atoms with Crippen molar-refractivity contribution in [2.24, 2.45) is 22.7 Å². The molecule has 0 radical (unpaired) electrons. The van der Waals surface area contributed by atoms with E-state index in [2.05, 4.69) is 51.2 Å². The maximum absolute atomic E-state index is 4.60. The van der Waals surface area contributed by atoms with Crippen LogP contribution in [0.2, 0.25) is 0 Å². The number of rotatable bonds is 4. The molecule has 26 heavy (non-hydrogen) atoms. The van der Waals surface area contributed by atoms with Crippen LogP contribution in [0.5, 0.6) is 0 Å². The van der Waals surface area contributed by atoms with Gasteiger partial charge in [0.15, 0.2) is 5.96 Å². The smallest absolute Gasteiger partial charge is 0.193 e. The van der Waals surface area contributed by atoms with Gasteiger partial charge in [-0.2, -0.15) is 0 Å². The number of aliphatic imine (C=N–C) groups is 1. The number of nitrogens with zero attached hydrogens (tertiary/aromatic N) is 4. The molecule has 0 saturated carbocycles. The van der Waals surface area contributed by atoms with Gasteiger partial charge in [0, 0.05) is 38.6 Å². The van der Waals surface area contributed by atoms with Crippen LogP contribution in [0.25, 0.3) is 0 Å². The van der Waals surface area contributed by atoms with Crippen LogP contribution < -0.4 is 5.32 Å². The summed E-state index contributed by atoms with van der Waals surface area (Å²) in [4.78, 5) is 14.2. The molecule has 1 N–H and O–H groups in total. The Balaban J connectivity index is 1.41. The number of hydrogen-bond donors (Lipinski definition) is 1. The average Bonchev–Trinajstić information content (AvgIpc) is 3.01. The van der Waals surface area contributed by atoms with Crippen LogP contribution in [0.4, 0.5) is 0 Å². The summed E-state index contributed by atoms with van der Waals surface area (Å²) in [7, 11) is 1.92. The Bertz CT molecular complexity index is 581. The van der Waals surface area contributed by atoms with Crippen molar-refractivity contribution in [2.75, 3.05) is 39.8 Å². The fourth-order valence-corrected chi connectivity index (χ4v) is 5.07. The molecule has 2 saturated heterocycles. The maximum atomic E-state index is 4.60. The number of thiazole rings is 1. The SMILES string of the molecule is CN=C(NCC1CCN(Cc2csc(C)n2)CC1)N1CC(C)CC(C)C1.